The molecule has 4 heterocycles. The smallest absolute Gasteiger partial charge is 0.293 e. The van der Waals surface area contributed by atoms with Gasteiger partial charge in [0.25, 0.3) is 17.9 Å². The SMILES string of the molecule is Cn1nc(NS(C)(=O)=O)c2c(Cl)ccc(-n3c([C@H](Cc4cc(F)cc(F)c4)NC(=O)Cn4nc(C(F)F)c5c4C(F)(F)[C@H]4C[C@@H]54)nc4cc(-c5ccnn5C5CC5)ccc4c3=O)c21. The van der Waals surface area contributed by atoms with Gasteiger partial charge in [-0.1, -0.05) is 17.7 Å². The highest BCUT2D eigenvalue weighted by Crippen LogP contribution is 2.68. The van der Waals surface area contributed by atoms with Crippen molar-refractivity contribution in [1.29, 1.82) is 0 Å². The van der Waals surface area contributed by atoms with E-state index in [1.807, 2.05) is 4.68 Å². The molecule has 2 fully saturated rings. The number of hydrogen-bond donors (Lipinski definition) is 2. The Morgan fingerprint density at radius 3 is 2.48 bits per heavy atom. The number of carbonyl (C=O) groups is 1. The maximum absolute atomic E-state index is 15.6. The van der Waals surface area contributed by atoms with Gasteiger partial charge >= 0.3 is 0 Å². The quantitative estimate of drug-likeness (QED) is 0.122. The van der Waals surface area contributed by atoms with Crippen LogP contribution in [0.4, 0.5) is 32.2 Å². The summed E-state index contributed by atoms with van der Waals surface area (Å²) < 4.78 is 121. The van der Waals surface area contributed by atoms with Crippen LogP contribution in [0.15, 0.2) is 65.6 Å². The zero-order valence-corrected chi connectivity index (χ0v) is 34.5. The van der Waals surface area contributed by atoms with E-state index >= 15 is 13.6 Å². The summed E-state index contributed by atoms with van der Waals surface area (Å²) in [7, 11) is -2.44. The number of aromatic nitrogens is 8. The number of fused-ring (bicyclic) bond motifs is 5. The van der Waals surface area contributed by atoms with E-state index in [1.54, 1.807) is 30.5 Å². The minimum atomic E-state index is -3.91. The first-order valence-electron chi connectivity index (χ1n) is 19.6. The van der Waals surface area contributed by atoms with Gasteiger partial charge in [0.05, 0.1) is 56.5 Å². The molecule has 22 heteroatoms. The Morgan fingerprint density at radius 1 is 1.03 bits per heavy atom. The fraction of sp³-hybridized carbons (Fsp3) is 0.317. The van der Waals surface area contributed by atoms with Gasteiger partial charge in [-0.05, 0) is 73.2 Å². The molecule has 4 aromatic heterocycles. The molecular formula is C41H33ClF6N10O4S. The molecule has 0 unspecified atom stereocenters. The number of hydrogen-bond acceptors (Lipinski definition) is 8. The molecule has 3 aliphatic rings. The molecule has 0 spiro atoms. The fourth-order valence-corrected chi connectivity index (χ4v) is 9.63. The Bertz CT molecular complexity index is 3230. The Kier molecular flexibility index (Phi) is 9.34. The third kappa shape index (κ3) is 7.00. The Labute approximate surface area is 357 Å². The lowest BCUT2D eigenvalue weighted by Gasteiger charge is -2.24. The lowest BCUT2D eigenvalue weighted by atomic mass is 10.0. The van der Waals surface area contributed by atoms with Crippen molar-refractivity contribution >= 4 is 55.2 Å². The summed E-state index contributed by atoms with van der Waals surface area (Å²) in [5, 5.41) is 15.4. The van der Waals surface area contributed by atoms with Crippen molar-refractivity contribution < 1.29 is 39.6 Å². The number of alkyl halides is 4. The first-order valence-corrected chi connectivity index (χ1v) is 21.9. The van der Waals surface area contributed by atoms with Crippen molar-refractivity contribution in [3.63, 3.8) is 0 Å². The molecule has 2 N–H and O–H groups in total. The lowest BCUT2D eigenvalue weighted by molar-refractivity contribution is -0.123. The molecule has 14 nitrogen and oxygen atoms in total. The second-order valence-electron chi connectivity index (χ2n) is 16.2. The Hall–Kier alpha value is -6.22. The Balaban J connectivity index is 1.18. The van der Waals surface area contributed by atoms with Crippen molar-refractivity contribution in [2.75, 3.05) is 11.0 Å². The average Bonchev–Trinajstić information content (AvgIpc) is 4.06. The van der Waals surface area contributed by atoms with Crippen molar-refractivity contribution in [1.82, 2.24) is 44.2 Å². The third-order valence-corrected chi connectivity index (χ3v) is 12.5. The largest absolute Gasteiger partial charge is 0.344 e. The molecule has 63 heavy (non-hydrogen) atoms. The van der Waals surface area contributed by atoms with E-state index in [4.69, 9.17) is 16.6 Å². The van der Waals surface area contributed by atoms with Crippen LogP contribution in [0.2, 0.25) is 5.02 Å². The summed E-state index contributed by atoms with van der Waals surface area (Å²) in [6.07, 6.45) is 0.746. The first kappa shape index (κ1) is 40.8. The van der Waals surface area contributed by atoms with E-state index < -0.39 is 87.7 Å². The topological polar surface area (TPSA) is 164 Å². The highest BCUT2D eigenvalue weighted by molar-refractivity contribution is 7.92. The summed E-state index contributed by atoms with van der Waals surface area (Å²) in [4.78, 5) is 34.2. The van der Waals surface area contributed by atoms with Crippen LogP contribution < -0.4 is 15.6 Å². The molecular weight excluding hydrogens is 878 g/mol. The number of rotatable bonds is 12. The van der Waals surface area contributed by atoms with Gasteiger partial charge in [0, 0.05) is 42.8 Å². The highest BCUT2D eigenvalue weighted by Gasteiger charge is 2.67. The van der Waals surface area contributed by atoms with Crippen LogP contribution in [0, 0.1) is 17.6 Å². The third-order valence-electron chi connectivity index (χ3n) is 11.7. The van der Waals surface area contributed by atoms with E-state index in [2.05, 4.69) is 25.3 Å². The molecule has 326 valence electrons. The van der Waals surface area contributed by atoms with Gasteiger partial charge in [-0.3, -0.25) is 32.9 Å². The lowest BCUT2D eigenvalue weighted by Crippen LogP contribution is -2.38. The molecule has 2 saturated carbocycles. The second-order valence-corrected chi connectivity index (χ2v) is 18.3. The van der Waals surface area contributed by atoms with Crippen LogP contribution in [0.1, 0.15) is 72.0 Å². The molecule has 3 atom stereocenters. The predicted octanol–water partition coefficient (Wildman–Crippen LogP) is 7.22. The molecule has 0 saturated heterocycles. The molecule has 0 radical (unpaired) electrons. The molecule has 3 aliphatic carbocycles. The van der Waals surface area contributed by atoms with Crippen LogP contribution in [0.5, 0.6) is 0 Å². The zero-order chi connectivity index (χ0) is 44.4. The van der Waals surface area contributed by atoms with E-state index in [1.165, 1.54) is 23.9 Å². The van der Waals surface area contributed by atoms with Crippen LogP contribution in [0.25, 0.3) is 38.8 Å². The maximum Gasteiger partial charge on any atom is 0.293 e. The summed E-state index contributed by atoms with van der Waals surface area (Å²) in [5.74, 6) is -8.95. The van der Waals surface area contributed by atoms with Crippen LogP contribution >= 0.6 is 11.6 Å². The normalized spacial score (nSPS) is 18.3. The van der Waals surface area contributed by atoms with Gasteiger partial charge in [0.15, 0.2) is 5.82 Å². The zero-order valence-electron chi connectivity index (χ0n) is 33.0. The number of sulfonamides is 1. The average molecular weight is 911 g/mol. The molecule has 0 bridgehead atoms. The number of nitrogens with zero attached hydrogens (tertiary/aromatic N) is 8. The number of nitrogens with one attached hydrogen (secondary N) is 2. The van der Waals surface area contributed by atoms with Gasteiger partial charge in [-0.25, -0.2) is 31.0 Å². The second kappa shape index (κ2) is 14.4. The Morgan fingerprint density at radius 2 is 1.78 bits per heavy atom. The van der Waals surface area contributed by atoms with Crippen molar-refractivity contribution in [3.8, 4) is 16.9 Å². The maximum atomic E-state index is 15.6. The van der Waals surface area contributed by atoms with Crippen LogP contribution in [-0.2, 0) is 40.8 Å². The van der Waals surface area contributed by atoms with Gasteiger partial charge in [0.1, 0.15) is 35.4 Å². The summed E-state index contributed by atoms with van der Waals surface area (Å²) in [6, 6.07) is 10.8. The minimum Gasteiger partial charge on any atom is -0.344 e. The van der Waals surface area contributed by atoms with E-state index in [0.717, 1.165) is 41.5 Å². The highest BCUT2D eigenvalue weighted by atomic mass is 35.5. The van der Waals surface area contributed by atoms with Crippen molar-refractivity contribution in [2.24, 2.45) is 13.0 Å². The van der Waals surface area contributed by atoms with Gasteiger partial charge in [-0.15, -0.1) is 0 Å². The molecule has 7 aromatic rings. The molecule has 10 rings (SSSR count). The fourth-order valence-electron chi connectivity index (χ4n) is 8.89. The van der Waals surface area contributed by atoms with E-state index in [-0.39, 0.29) is 67.7 Å². The van der Waals surface area contributed by atoms with E-state index in [0.29, 0.717) is 16.3 Å². The van der Waals surface area contributed by atoms with Crippen LogP contribution in [0.3, 0.4) is 0 Å². The molecule has 3 aromatic carbocycles. The predicted molar refractivity (Wildman–Crippen MR) is 217 cm³/mol. The number of benzene rings is 3. The van der Waals surface area contributed by atoms with Crippen molar-refractivity contribution in [2.45, 2.75) is 62.6 Å². The summed E-state index contributed by atoms with van der Waals surface area (Å²) >= 11 is 6.65. The molecule has 1 amide bonds. The number of carbonyl (C=O) groups excluding carboxylic acids is 1. The van der Waals surface area contributed by atoms with Crippen molar-refractivity contribution in [3.05, 3.63) is 116 Å². The summed E-state index contributed by atoms with van der Waals surface area (Å²) in [6.45, 7) is -0.974. The number of amides is 1. The standard InChI is InChI=1S/C41H33ClF6N10O4S/c1-55-35-30(8-7-26(42)33(35)38(53-55)54-63(2,61)62)57-39(51-27-14-19(3-6-23(27)40(57)60)29-9-10-49-58(29)22-4-5-22)28(13-18-11-20(43)15-21(44)12-18)50-31(59)17-56-36-32(34(52-56)37(45)46)24-16-25(24)41(36,47)48/h3,6-12,14-15,22,24-25,28,37H,4-5,13,16-17H2,1-2H3,(H,50,59)(H,53,54)/t24-,25+,28+/m1/s1. The van der Waals surface area contributed by atoms with Crippen LogP contribution in [-0.4, -0.2) is 59.5 Å². The number of halogens is 7. The van der Waals surface area contributed by atoms with Gasteiger partial charge < -0.3 is 5.32 Å². The summed E-state index contributed by atoms with van der Waals surface area (Å²) in [5.41, 5.74) is -0.994. The van der Waals surface area contributed by atoms with E-state index in [9.17, 15) is 30.8 Å². The molecule has 0 aliphatic heterocycles. The number of anilines is 1. The first-order chi connectivity index (χ1) is 29.9. The minimum absolute atomic E-state index is 0.000117. The monoisotopic (exact) mass is 910 g/mol. The van der Waals surface area contributed by atoms with Gasteiger partial charge in [0.2, 0.25) is 15.9 Å². The van der Waals surface area contributed by atoms with Gasteiger partial charge in [-0.2, -0.15) is 24.1 Å². The number of aryl methyl sites for hydroxylation is 1.